The lowest BCUT2D eigenvalue weighted by Gasteiger charge is -2.11. The highest BCUT2D eigenvalue weighted by Crippen LogP contribution is 2.29. The normalized spacial score (nSPS) is 11.2. The summed E-state index contributed by atoms with van der Waals surface area (Å²) in [5.41, 5.74) is 1.89. The van der Waals surface area contributed by atoms with Crippen LogP contribution in [0.25, 0.3) is 16.7 Å². The first-order valence-electron chi connectivity index (χ1n) is 6.01. The molecule has 0 bridgehead atoms. The average molecular weight is 327 g/mol. The molecule has 0 aliphatic carbocycles. The second-order valence-electron chi connectivity index (χ2n) is 4.27. The first kappa shape index (κ1) is 14.0. The van der Waals surface area contributed by atoms with Gasteiger partial charge in [0.1, 0.15) is 5.75 Å². The lowest BCUT2D eigenvalue weighted by Crippen LogP contribution is -2.06. The molecule has 2 aromatic carbocycles. The Morgan fingerprint density at radius 3 is 2.71 bits per heavy atom. The van der Waals surface area contributed by atoms with Crippen LogP contribution in [0.15, 0.2) is 42.5 Å². The average Bonchev–Trinajstić information content (AvgIpc) is 2.74. The minimum Gasteiger partial charge on any atom is -0.433 e. The molecule has 0 fully saturated rings. The van der Waals surface area contributed by atoms with Crippen LogP contribution in [0.4, 0.5) is 8.78 Å². The van der Waals surface area contributed by atoms with Gasteiger partial charge in [-0.25, -0.2) is 0 Å². The molecule has 108 valence electrons. The number of para-hydroxylation sites is 2. The molecule has 0 atom stereocenters. The predicted octanol–water partition coefficient (Wildman–Crippen LogP) is 4.94. The third-order valence-corrected chi connectivity index (χ3v) is 3.49. The number of aromatic nitrogens is 2. The van der Waals surface area contributed by atoms with Crippen molar-refractivity contribution in [2.75, 3.05) is 0 Å². The molecule has 21 heavy (non-hydrogen) atoms. The van der Waals surface area contributed by atoms with E-state index in [0.29, 0.717) is 15.5 Å². The van der Waals surface area contributed by atoms with Gasteiger partial charge in [0.05, 0.1) is 16.7 Å². The van der Waals surface area contributed by atoms with E-state index in [-0.39, 0.29) is 5.75 Å². The van der Waals surface area contributed by atoms with Crippen molar-refractivity contribution in [1.29, 1.82) is 0 Å². The summed E-state index contributed by atoms with van der Waals surface area (Å²) in [5.74, 6) is 0.0550. The Kier molecular flexibility index (Phi) is 3.65. The van der Waals surface area contributed by atoms with E-state index in [9.17, 15) is 8.78 Å². The molecule has 1 N–H and O–H groups in total. The van der Waals surface area contributed by atoms with E-state index >= 15 is 0 Å². The molecule has 0 saturated carbocycles. The molecule has 0 radical (unpaired) electrons. The van der Waals surface area contributed by atoms with Crippen molar-refractivity contribution in [3.05, 3.63) is 52.3 Å². The molecule has 0 unspecified atom stereocenters. The van der Waals surface area contributed by atoms with Crippen molar-refractivity contribution in [3.63, 3.8) is 0 Å². The van der Waals surface area contributed by atoms with Crippen LogP contribution in [0.3, 0.4) is 0 Å². The van der Waals surface area contributed by atoms with Gasteiger partial charge in [0.2, 0.25) is 0 Å². The largest absolute Gasteiger partial charge is 0.433 e. The van der Waals surface area contributed by atoms with Crippen molar-refractivity contribution in [2.45, 2.75) is 6.61 Å². The van der Waals surface area contributed by atoms with Gasteiger partial charge in [-0.2, -0.15) is 8.78 Å². The fraction of sp³-hybridized carbons (Fsp3) is 0.0714. The Morgan fingerprint density at radius 1 is 1.19 bits per heavy atom. The second kappa shape index (κ2) is 5.46. The van der Waals surface area contributed by atoms with Gasteiger partial charge < -0.3 is 9.72 Å². The summed E-state index contributed by atoms with van der Waals surface area (Å²) in [6, 6.07) is 11.7. The maximum atomic E-state index is 12.5. The molecule has 3 aromatic rings. The van der Waals surface area contributed by atoms with Gasteiger partial charge in [-0.05, 0) is 42.5 Å². The molecule has 0 saturated heterocycles. The quantitative estimate of drug-likeness (QED) is 0.691. The van der Waals surface area contributed by atoms with Gasteiger partial charge in [0.25, 0.3) is 0 Å². The topological polar surface area (TPSA) is 29.9 Å². The van der Waals surface area contributed by atoms with Crippen LogP contribution in [-0.4, -0.2) is 16.2 Å². The SMILES string of the molecule is FC(F)Oc1ccccc1-n1c(=S)[nH]c2cc(Cl)ccc21. The number of rotatable bonds is 3. The number of imidazole rings is 1. The Labute approximate surface area is 128 Å². The zero-order valence-corrected chi connectivity index (χ0v) is 12.1. The zero-order chi connectivity index (χ0) is 15.0. The monoisotopic (exact) mass is 326 g/mol. The van der Waals surface area contributed by atoms with Crippen LogP contribution in [0.5, 0.6) is 5.75 Å². The minimum atomic E-state index is -2.90. The van der Waals surface area contributed by atoms with Crippen LogP contribution in [0, 0.1) is 4.77 Å². The van der Waals surface area contributed by atoms with Crippen molar-refractivity contribution < 1.29 is 13.5 Å². The molecular formula is C14H9ClF2N2OS. The summed E-state index contributed by atoms with van der Waals surface area (Å²) in [7, 11) is 0. The maximum Gasteiger partial charge on any atom is 0.387 e. The van der Waals surface area contributed by atoms with Crippen LogP contribution in [0.1, 0.15) is 0 Å². The van der Waals surface area contributed by atoms with Gasteiger partial charge in [-0.1, -0.05) is 23.7 Å². The van der Waals surface area contributed by atoms with Crippen LogP contribution in [0.2, 0.25) is 5.02 Å². The molecule has 3 rings (SSSR count). The van der Waals surface area contributed by atoms with E-state index in [1.165, 1.54) is 6.07 Å². The van der Waals surface area contributed by atoms with Crippen molar-refractivity contribution in [1.82, 2.24) is 9.55 Å². The second-order valence-corrected chi connectivity index (χ2v) is 5.10. The number of benzene rings is 2. The van der Waals surface area contributed by atoms with E-state index in [4.69, 9.17) is 23.8 Å². The van der Waals surface area contributed by atoms with E-state index in [0.717, 1.165) is 11.0 Å². The molecular weight excluding hydrogens is 318 g/mol. The molecule has 3 nitrogen and oxygen atoms in total. The molecule has 1 aromatic heterocycles. The Balaban J connectivity index is 2.26. The lowest BCUT2D eigenvalue weighted by molar-refractivity contribution is -0.0498. The van der Waals surface area contributed by atoms with Crippen LogP contribution < -0.4 is 4.74 Å². The Morgan fingerprint density at radius 2 is 1.95 bits per heavy atom. The van der Waals surface area contributed by atoms with Gasteiger partial charge in [0, 0.05) is 5.02 Å². The number of aromatic amines is 1. The van der Waals surface area contributed by atoms with Crippen molar-refractivity contribution in [2.24, 2.45) is 0 Å². The Hall–Kier alpha value is -1.92. The molecule has 0 aliphatic heterocycles. The van der Waals surface area contributed by atoms with Crippen molar-refractivity contribution in [3.8, 4) is 11.4 Å². The third-order valence-electron chi connectivity index (χ3n) is 2.97. The number of hydrogen-bond donors (Lipinski definition) is 1. The number of nitrogens with zero attached hydrogens (tertiary/aromatic N) is 1. The predicted molar refractivity (Wildman–Crippen MR) is 80.1 cm³/mol. The highest BCUT2D eigenvalue weighted by molar-refractivity contribution is 7.71. The summed E-state index contributed by atoms with van der Waals surface area (Å²) in [4.78, 5) is 3.00. The highest BCUT2D eigenvalue weighted by atomic mass is 35.5. The van der Waals surface area contributed by atoms with Gasteiger partial charge >= 0.3 is 6.61 Å². The summed E-state index contributed by atoms with van der Waals surface area (Å²) in [6.45, 7) is -2.90. The van der Waals surface area contributed by atoms with Crippen LogP contribution in [-0.2, 0) is 0 Å². The maximum absolute atomic E-state index is 12.5. The summed E-state index contributed by atoms with van der Waals surface area (Å²) in [6.07, 6.45) is 0. The number of fused-ring (bicyclic) bond motifs is 1. The van der Waals surface area contributed by atoms with Gasteiger partial charge in [-0.3, -0.25) is 4.57 Å². The third kappa shape index (κ3) is 2.64. The summed E-state index contributed by atoms with van der Waals surface area (Å²) in [5, 5.41) is 0.558. The number of alkyl halides is 2. The van der Waals surface area contributed by atoms with Gasteiger partial charge in [0.15, 0.2) is 4.77 Å². The molecule has 1 heterocycles. The zero-order valence-electron chi connectivity index (χ0n) is 10.5. The number of nitrogens with one attached hydrogen (secondary N) is 1. The fourth-order valence-corrected chi connectivity index (χ4v) is 2.64. The number of halogens is 3. The van der Waals surface area contributed by atoms with E-state index in [2.05, 4.69) is 9.72 Å². The standard InChI is InChI=1S/C14H9ClF2N2OS/c15-8-5-6-10-9(7-8)18-14(21)19(10)11-3-1-2-4-12(11)20-13(16)17/h1-7,13H,(H,18,21). The molecule has 0 aliphatic rings. The van der Waals surface area contributed by atoms with E-state index in [1.54, 1.807) is 41.0 Å². The minimum absolute atomic E-state index is 0.0550. The lowest BCUT2D eigenvalue weighted by atomic mass is 10.2. The number of H-pyrrole nitrogens is 1. The highest BCUT2D eigenvalue weighted by Gasteiger charge is 2.14. The van der Waals surface area contributed by atoms with Gasteiger partial charge in [-0.15, -0.1) is 0 Å². The first-order valence-corrected chi connectivity index (χ1v) is 6.79. The number of hydrogen-bond acceptors (Lipinski definition) is 2. The Bertz CT molecular complexity index is 860. The van der Waals surface area contributed by atoms with Crippen LogP contribution >= 0.6 is 23.8 Å². The smallest absolute Gasteiger partial charge is 0.387 e. The summed E-state index contributed by atoms with van der Waals surface area (Å²) >= 11 is 11.2. The summed E-state index contributed by atoms with van der Waals surface area (Å²) < 4.78 is 31.6. The first-order chi connectivity index (χ1) is 10.1. The van der Waals surface area contributed by atoms with E-state index in [1.807, 2.05) is 0 Å². The molecule has 7 heteroatoms. The van der Waals surface area contributed by atoms with E-state index < -0.39 is 6.61 Å². The molecule has 0 amide bonds. The van der Waals surface area contributed by atoms with Crippen molar-refractivity contribution >= 4 is 34.9 Å². The number of ether oxygens (including phenoxy) is 1. The molecule has 0 spiro atoms. The fourth-order valence-electron chi connectivity index (χ4n) is 2.16.